The van der Waals surface area contributed by atoms with E-state index in [0.29, 0.717) is 36.8 Å². The number of carbonyl (C=O) groups excluding carboxylic acids is 2. The number of halogens is 7. The van der Waals surface area contributed by atoms with Crippen LogP contribution in [0.5, 0.6) is 28.7 Å². The van der Waals surface area contributed by atoms with Gasteiger partial charge in [0.25, 0.3) is 5.92 Å². The van der Waals surface area contributed by atoms with Crippen LogP contribution in [0.3, 0.4) is 0 Å². The Morgan fingerprint density at radius 1 is 0.918 bits per heavy atom. The van der Waals surface area contributed by atoms with Crippen LogP contribution in [-0.4, -0.2) is 61.1 Å². The van der Waals surface area contributed by atoms with E-state index in [-0.39, 0.29) is 79.7 Å². The highest BCUT2D eigenvalue weighted by atomic mass is 19.4. The molecule has 16 heteroatoms. The third-order valence-corrected chi connectivity index (χ3v) is 10.2. The first-order valence-electron chi connectivity index (χ1n) is 16.1. The van der Waals surface area contributed by atoms with Crippen LogP contribution in [0, 0.1) is 11.8 Å². The van der Waals surface area contributed by atoms with E-state index in [9.17, 15) is 40.3 Å². The minimum atomic E-state index is -4.95. The predicted molar refractivity (Wildman–Crippen MR) is 155 cm³/mol. The van der Waals surface area contributed by atoms with Crippen molar-refractivity contribution in [1.29, 1.82) is 0 Å². The van der Waals surface area contributed by atoms with Gasteiger partial charge in [-0.05, 0) is 56.7 Å². The van der Waals surface area contributed by atoms with Crippen molar-refractivity contribution >= 4 is 11.8 Å². The molecule has 2 aromatic carbocycles. The van der Waals surface area contributed by atoms with Crippen molar-refractivity contribution in [3.8, 4) is 28.7 Å². The standard InChI is InChI=1S/C33H33F7N2O7/c1-30(16-45-25-15-27-26(13-21(25)30)48-33(39,40)49-27)29(44)41-22-14-23(46-24-12-19(6-7-20(22)24)47-32(36,37)38)17-2-4-18(5-3-17)28(43)42-10-8-31(34,35)9-11-42/h6-7,12-13,15,17-18,22-23H,2-5,8-11,14,16H2,1H3,(H,41,44)/t17?,18?,22-,23-,30+/m1/s1. The molecule has 0 unspecified atom stereocenters. The van der Waals surface area contributed by atoms with Crippen molar-refractivity contribution in [2.45, 2.75) is 88.0 Å². The van der Waals surface area contributed by atoms with Gasteiger partial charge in [-0.25, -0.2) is 8.78 Å². The fourth-order valence-electron chi connectivity index (χ4n) is 7.48. The van der Waals surface area contributed by atoms with Gasteiger partial charge in [-0.1, -0.05) is 0 Å². The molecule has 3 atom stereocenters. The monoisotopic (exact) mass is 702 g/mol. The number of alkyl halides is 7. The molecule has 4 aliphatic heterocycles. The topological polar surface area (TPSA) is 95.6 Å². The number of hydrogen-bond donors (Lipinski definition) is 1. The molecule has 0 radical (unpaired) electrons. The molecule has 2 fully saturated rings. The summed E-state index contributed by atoms with van der Waals surface area (Å²) in [6, 6.07) is 5.40. The Kier molecular flexibility index (Phi) is 8.01. The zero-order chi connectivity index (χ0) is 34.9. The third kappa shape index (κ3) is 6.62. The van der Waals surface area contributed by atoms with Gasteiger partial charge in [0.05, 0.1) is 6.04 Å². The molecule has 0 aromatic heterocycles. The molecule has 266 valence electrons. The number of hydrogen-bond acceptors (Lipinski definition) is 7. The number of rotatable bonds is 5. The van der Waals surface area contributed by atoms with E-state index in [4.69, 9.17) is 9.47 Å². The van der Waals surface area contributed by atoms with Gasteiger partial charge in [0, 0.05) is 61.5 Å². The maximum Gasteiger partial charge on any atom is 0.586 e. The molecule has 0 bridgehead atoms. The highest BCUT2D eigenvalue weighted by Gasteiger charge is 2.50. The second-order valence-corrected chi connectivity index (χ2v) is 13.5. The molecular formula is C33H33F7N2O7. The summed E-state index contributed by atoms with van der Waals surface area (Å²) in [6.07, 6.45) is -7.82. The fraction of sp³-hybridized carbons (Fsp3) is 0.576. The van der Waals surface area contributed by atoms with Crippen LogP contribution in [0.15, 0.2) is 30.3 Å². The van der Waals surface area contributed by atoms with Crippen molar-refractivity contribution in [2.24, 2.45) is 11.8 Å². The number of benzene rings is 2. The molecule has 49 heavy (non-hydrogen) atoms. The zero-order valence-corrected chi connectivity index (χ0v) is 26.2. The van der Waals surface area contributed by atoms with Crippen LogP contribution >= 0.6 is 0 Å². The molecule has 1 N–H and O–H groups in total. The Hall–Kier alpha value is -4.11. The summed E-state index contributed by atoms with van der Waals surface area (Å²) in [4.78, 5) is 28.6. The normalized spacial score (nSPS) is 29.6. The van der Waals surface area contributed by atoms with E-state index in [2.05, 4.69) is 19.5 Å². The summed E-state index contributed by atoms with van der Waals surface area (Å²) in [5, 5.41) is 2.99. The Labute approximate surface area is 275 Å². The highest BCUT2D eigenvalue weighted by molar-refractivity contribution is 5.90. The fourth-order valence-corrected chi connectivity index (χ4v) is 7.48. The Morgan fingerprint density at radius 2 is 1.59 bits per heavy atom. The minimum Gasteiger partial charge on any atom is -0.492 e. The molecule has 1 saturated heterocycles. The smallest absolute Gasteiger partial charge is 0.492 e. The highest BCUT2D eigenvalue weighted by Crippen LogP contribution is 2.51. The number of nitrogens with one attached hydrogen (secondary N) is 1. The lowest BCUT2D eigenvalue weighted by Gasteiger charge is -2.41. The number of ether oxygens (including phenoxy) is 5. The first kappa shape index (κ1) is 33.4. The number of piperidine rings is 1. The van der Waals surface area contributed by atoms with E-state index < -0.39 is 47.8 Å². The molecule has 4 heterocycles. The van der Waals surface area contributed by atoms with E-state index in [0.717, 1.165) is 12.1 Å². The summed E-state index contributed by atoms with van der Waals surface area (Å²) < 4.78 is 119. The second kappa shape index (κ2) is 11.8. The number of likely N-dealkylation sites (tertiary alicyclic amines) is 1. The molecular weight excluding hydrogens is 669 g/mol. The summed E-state index contributed by atoms with van der Waals surface area (Å²) >= 11 is 0. The van der Waals surface area contributed by atoms with E-state index >= 15 is 0 Å². The Bertz CT molecular complexity index is 1640. The van der Waals surface area contributed by atoms with Crippen LogP contribution < -0.4 is 29.0 Å². The zero-order valence-electron chi connectivity index (χ0n) is 26.2. The van der Waals surface area contributed by atoms with Crippen LogP contribution in [0.25, 0.3) is 0 Å². The first-order valence-corrected chi connectivity index (χ1v) is 16.1. The lowest BCUT2D eigenvalue weighted by atomic mass is 9.76. The van der Waals surface area contributed by atoms with Crippen LogP contribution in [0.4, 0.5) is 30.7 Å². The summed E-state index contributed by atoms with van der Waals surface area (Å²) in [7, 11) is 0. The third-order valence-electron chi connectivity index (χ3n) is 10.2. The van der Waals surface area contributed by atoms with Gasteiger partial charge in [-0.2, -0.15) is 0 Å². The molecule has 9 nitrogen and oxygen atoms in total. The van der Waals surface area contributed by atoms with Gasteiger partial charge in [0.2, 0.25) is 11.8 Å². The molecule has 2 amide bonds. The summed E-state index contributed by atoms with van der Waals surface area (Å²) in [6.45, 7) is 1.45. The molecule has 1 aliphatic carbocycles. The van der Waals surface area contributed by atoms with Gasteiger partial charge in [-0.3, -0.25) is 9.59 Å². The summed E-state index contributed by atoms with van der Waals surface area (Å²) in [5.41, 5.74) is -0.642. The van der Waals surface area contributed by atoms with Crippen molar-refractivity contribution in [2.75, 3.05) is 19.7 Å². The van der Waals surface area contributed by atoms with E-state index in [1.54, 1.807) is 6.92 Å². The molecule has 7 rings (SSSR count). The molecule has 0 spiro atoms. The average Bonchev–Trinajstić information content (AvgIpc) is 3.52. The van der Waals surface area contributed by atoms with Crippen molar-refractivity contribution in [3.63, 3.8) is 0 Å². The number of carbonyl (C=O) groups is 2. The van der Waals surface area contributed by atoms with Gasteiger partial charge < -0.3 is 33.9 Å². The van der Waals surface area contributed by atoms with Gasteiger partial charge in [0.1, 0.15) is 35.4 Å². The largest absolute Gasteiger partial charge is 0.586 e. The maximum atomic E-state index is 14.0. The number of nitrogens with zero attached hydrogens (tertiary/aromatic N) is 1. The second-order valence-electron chi connectivity index (χ2n) is 13.5. The lowest BCUT2D eigenvalue weighted by Crippen LogP contribution is -2.48. The quantitative estimate of drug-likeness (QED) is 0.350. The maximum absolute atomic E-state index is 14.0. The van der Waals surface area contributed by atoms with Gasteiger partial charge in [0.15, 0.2) is 11.5 Å². The van der Waals surface area contributed by atoms with Gasteiger partial charge >= 0.3 is 12.7 Å². The average molecular weight is 703 g/mol. The van der Waals surface area contributed by atoms with E-state index in [1.807, 2.05) is 0 Å². The molecule has 1 saturated carbocycles. The molecule has 5 aliphatic rings. The molecule has 2 aromatic rings. The first-order chi connectivity index (χ1) is 23.0. The Morgan fingerprint density at radius 3 is 2.27 bits per heavy atom. The van der Waals surface area contributed by atoms with Crippen molar-refractivity contribution < 1.29 is 64.0 Å². The van der Waals surface area contributed by atoms with Crippen LogP contribution in [0.2, 0.25) is 0 Å². The minimum absolute atomic E-state index is 0.00216. The van der Waals surface area contributed by atoms with Crippen LogP contribution in [-0.2, 0) is 15.0 Å². The predicted octanol–water partition coefficient (Wildman–Crippen LogP) is 6.63. The lowest BCUT2D eigenvalue weighted by molar-refractivity contribution is -0.286. The summed E-state index contributed by atoms with van der Waals surface area (Å²) in [5.74, 6) is -4.64. The van der Waals surface area contributed by atoms with Crippen molar-refractivity contribution in [3.05, 3.63) is 41.5 Å². The Balaban J connectivity index is 1.09. The number of fused-ring (bicyclic) bond motifs is 3. The number of amides is 2. The van der Waals surface area contributed by atoms with Crippen LogP contribution in [0.1, 0.15) is 69.0 Å². The van der Waals surface area contributed by atoms with E-state index in [1.165, 1.54) is 23.1 Å². The SMILES string of the molecule is C[C@]1(C(=O)N[C@@H]2C[C@H](C3CCC(C(=O)N4CCC(F)(F)CC4)CC3)Oc3cc(OC(F)(F)F)ccc32)COc2cc3c(cc21)OC(F)(F)O3. The van der Waals surface area contributed by atoms with Crippen molar-refractivity contribution in [1.82, 2.24) is 10.2 Å². The van der Waals surface area contributed by atoms with Gasteiger partial charge in [-0.15, -0.1) is 22.0 Å².